The van der Waals surface area contributed by atoms with Crippen molar-refractivity contribution < 1.29 is 4.39 Å². The maximum Gasteiger partial charge on any atom is 0.187 e. The lowest BCUT2D eigenvalue weighted by molar-refractivity contribution is 0.601. The number of aryl methyl sites for hydroxylation is 1. The van der Waals surface area contributed by atoms with E-state index in [0.29, 0.717) is 12.2 Å². The van der Waals surface area contributed by atoms with E-state index in [1.165, 1.54) is 6.33 Å². The third-order valence-electron chi connectivity index (χ3n) is 2.84. The average Bonchev–Trinajstić information content (AvgIpc) is 2.41. The predicted octanol–water partition coefficient (Wildman–Crippen LogP) is 2.15. The molecule has 2 rings (SSSR count). The summed E-state index contributed by atoms with van der Waals surface area (Å²) in [5, 5.41) is 0. The fourth-order valence-corrected chi connectivity index (χ4v) is 1.80. The van der Waals surface area contributed by atoms with Crippen molar-refractivity contribution in [1.82, 2.24) is 9.97 Å². The zero-order chi connectivity index (χ0) is 13.1. The van der Waals surface area contributed by atoms with Crippen LogP contribution in [-0.4, -0.2) is 17.0 Å². The van der Waals surface area contributed by atoms with Crippen LogP contribution in [0.4, 0.5) is 15.9 Å². The number of benzene rings is 1. The van der Waals surface area contributed by atoms with Gasteiger partial charge < -0.3 is 10.6 Å². The number of halogens is 1. The summed E-state index contributed by atoms with van der Waals surface area (Å²) in [6.45, 7) is 2.01. The summed E-state index contributed by atoms with van der Waals surface area (Å²) < 4.78 is 14.0. The molecule has 0 unspecified atom stereocenters. The van der Waals surface area contributed by atoms with Crippen molar-refractivity contribution in [2.24, 2.45) is 5.73 Å². The van der Waals surface area contributed by atoms with E-state index in [0.717, 1.165) is 11.3 Å². The molecule has 0 saturated heterocycles. The third-order valence-corrected chi connectivity index (χ3v) is 2.84. The van der Waals surface area contributed by atoms with Gasteiger partial charge in [0.25, 0.3) is 0 Å². The first-order valence-corrected chi connectivity index (χ1v) is 5.64. The zero-order valence-corrected chi connectivity index (χ0v) is 10.4. The van der Waals surface area contributed by atoms with Crippen LogP contribution in [0.25, 0.3) is 0 Å². The molecule has 94 valence electrons. The van der Waals surface area contributed by atoms with Crippen molar-refractivity contribution >= 4 is 11.5 Å². The SMILES string of the molecule is Cc1ncnc(N(C)c2ccccc2CN)c1F. The smallest absolute Gasteiger partial charge is 0.187 e. The van der Waals surface area contributed by atoms with Crippen LogP contribution in [0.2, 0.25) is 0 Å². The minimum Gasteiger partial charge on any atom is -0.327 e. The van der Waals surface area contributed by atoms with E-state index in [1.807, 2.05) is 24.3 Å². The number of hydrogen-bond acceptors (Lipinski definition) is 4. The molecule has 5 heteroatoms. The van der Waals surface area contributed by atoms with Crippen LogP contribution in [0.5, 0.6) is 0 Å². The molecule has 2 N–H and O–H groups in total. The van der Waals surface area contributed by atoms with Crippen molar-refractivity contribution in [3.63, 3.8) is 0 Å². The number of rotatable bonds is 3. The van der Waals surface area contributed by atoms with Crippen LogP contribution < -0.4 is 10.6 Å². The molecule has 0 spiro atoms. The first-order valence-electron chi connectivity index (χ1n) is 5.64. The minimum atomic E-state index is -0.410. The molecular formula is C13H15FN4. The van der Waals surface area contributed by atoms with E-state index in [4.69, 9.17) is 5.73 Å². The molecule has 0 aliphatic heterocycles. The van der Waals surface area contributed by atoms with Crippen LogP contribution in [0.1, 0.15) is 11.3 Å². The molecule has 1 aromatic heterocycles. The second-order valence-corrected chi connectivity index (χ2v) is 3.99. The molecular weight excluding hydrogens is 231 g/mol. The van der Waals surface area contributed by atoms with Crippen LogP contribution >= 0.6 is 0 Å². The lowest BCUT2D eigenvalue weighted by Gasteiger charge is -2.21. The van der Waals surface area contributed by atoms with Crippen LogP contribution in [0.3, 0.4) is 0 Å². The summed E-state index contributed by atoms with van der Waals surface area (Å²) in [6.07, 6.45) is 1.36. The maximum absolute atomic E-state index is 14.0. The summed E-state index contributed by atoms with van der Waals surface area (Å²) in [5.74, 6) is -0.157. The standard InChI is InChI=1S/C13H15FN4/c1-9-12(14)13(17-8-16-9)18(2)11-6-4-3-5-10(11)7-15/h3-6,8H,7,15H2,1-2H3. The Hall–Kier alpha value is -2.01. The molecule has 0 saturated carbocycles. The van der Waals surface area contributed by atoms with Gasteiger partial charge in [-0.15, -0.1) is 0 Å². The van der Waals surface area contributed by atoms with Gasteiger partial charge in [-0.25, -0.2) is 14.4 Å². The highest BCUT2D eigenvalue weighted by Gasteiger charge is 2.15. The van der Waals surface area contributed by atoms with Gasteiger partial charge in [0.15, 0.2) is 11.6 Å². The van der Waals surface area contributed by atoms with Crippen LogP contribution in [0, 0.1) is 12.7 Å². The van der Waals surface area contributed by atoms with E-state index in [2.05, 4.69) is 9.97 Å². The normalized spacial score (nSPS) is 10.4. The van der Waals surface area contributed by atoms with Gasteiger partial charge in [-0.05, 0) is 18.6 Å². The van der Waals surface area contributed by atoms with Crippen molar-refractivity contribution in [2.45, 2.75) is 13.5 Å². The first kappa shape index (κ1) is 12.4. The van der Waals surface area contributed by atoms with E-state index in [1.54, 1.807) is 18.9 Å². The predicted molar refractivity (Wildman–Crippen MR) is 69.1 cm³/mol. The largest absolute Gasteiger partial charge is 0.327 e. The second-order valence-electron chi connectivity index (χ2n) is 3.99. The number of nitrogens with zero attached hydrogens (tertiary/aromatic N) is 3. The summed E-state index contributed by atoms with van der Waals surface area (Å²) in [5.41, 5.74) is 7.80. The van der Waals surface area contributed by atoms with Crippen molar-refractivity contribution in [2.75, 3.05) is 11.9 Å². The molecule has 18 heavy (non-hydrogen) atoms. The molecule has 0 aliphatic rings. The van der Waals surface area contributed by atoms with E-state index in [9.17, 15) is 4.39 Å². The van der Waals surface area contributed by atoms with Gasteiger partial charge in [-0.1, -0.05) is 18.2 Å². The Bertz CT molecular complexity index is 556. The molecule has 1 heterocycles. The maximum atomic E-state index is 14.0. The van der Waals surface area contributed by atoms with Gasteiger partial charge in [0.2, 0.25) is 0 Å². The summed E-state index contributed by atoms with van der Waals surface area (Å²) in [7, 11) is 1.76. The van der Waals surface area contributed by atoms with Crippen molar-refractivity contribution in [1.29, 1.82) is 0 Å². The Labute approximate surface area is 105 Å². The Morgan fingerprint density at radius 2 is 2.00 bits per heavy atom. The van der Waals surface area contributed by atoms with Gasteiger partial charge >= 0.3 is 0 Å². The highest BCUT2D eigenvalue weighted by atomic mass is 19.1. The second kappa shape index (κ2) is 5.10. The highest BCUT2D eigenvalue weighted by molar-refractivity contribution is 5.63. The van der Waals surface area contributed by atoms with Gasteiger partial charge in [0.05, 0.1) is 5.69 Å². The summed E-state index contributed by atoms with van der Waals surface area (Å²) >= 11 is 0. The molecule has 0 amide bonds. The number of hydrogen-bond donors (Lipinski definition) is 1. The number of anilines is 2. The number of nitrogens with two attached hydrogens (primary N) is 1. The quantitative estimate of drug-likeness (QED) is 0.901. The average molecular weight is 246 g/mol. The molecule has 0 radical (unpaired) electrons. The number of para-hydroxylation sites is 1. The topological polar surface area (TPSA) is 55.0 Å². The summed E-state index contributed by atoms with van der Waals surface area (Å²) in [6, 6.07) is 7.59. The van der Waals surface area contributed by atoms with Crippen LogP contribution in [-0.2, 0) is 6.54 Å². The van der Waals surface area contributed by atoms with Gasteiger partial charge in [0.1, 0.15) is 6.33 Å². The Morgan fingerprint density at radius 3 is 2.72 bits per heavy atom. The lowest BCUT2D eigenvalue weighted by atomic mass is 10.1. The van der Waals surface area contributed by atoms with E-state index < -0.39 is 5.82 Å². The van der Waals surface area contributed by atoms with E-state index >= 15 is 0 Å². The monoisotopic (exact) mass is 246 g/mol. The van der Waals surface area contributed by atoms with E-state index in [-0.39, 0.29) is 5.82 Å². The van der Waals surface area contributed by atoms with Gasteiger partial charge in [-0.2, -0.15) is 0 Å². The van der Waals surface area contributed by atoms with Gasteiger partial charge in [0, 0.05) is 19.3 Å². The first-order chi connectivity index (χ1) is 8.65. The molecule has 0 fully saturated rings. The Morgan fingerprint density at radius 1 is 1.28 bits per heavy atom. The minimum absolute atomic E-state index is 0.253. The Balaban J connectivity index is 2.48. The summed E-state index contributed by atoms with van der Waals surface area (Å²) in [4.78, 5) is 9.50. The van der Waals surface area contributed by atoms with Crippen molar-refractivity contribution in [3.05, 3.63) is 47.7 Å². The molecule has 4 nitrogen and oxygen atoms in total. The van der Waals surface area contributed by atoms with Crippen molar-refractivity contribution in [3.8, 4) is 0 Å². The fourth-order valence-electron chi connectivity index (χ4n) is 1.80. The third kappa shape index (κ3) is 2.17. The number of aromatic nitrogens is 2. The van der Waals surface area contributed by atoms with Gasteiger partial charge in [-0.3, -0.25) is 0 Å². The molecule has 2 aromatic rings. The molecule has 0 atom stereocenters. The highest BCUT2D eigenvalue weighted by Crippen LogP contribution is 2.27. The fraction of sp³-hybridized carbons (Fsp3) is 0.231. The van der Waals surface area contributed by atoms with Crippen LogP contribution in [0.15, 0.2) is 30.6 Å². The molecule has 0 aliphatic carbocycles. The molecule has 1 aromatic carbocycles. The zero-order valence-electron chi connectivity index (χ0n) is 10.4. The molecule has 0 bridgehead atoms. The lowest BCUT2D eigenvalue weighted by Crippen LogP contribution is -2.17. The Kier molecular flexibility index (Phi) is 3.53.